The van der Waals surface area contributed by atoms with Crippen molar-refractivity contribution in [1.29, 1.82) is 0 Å². The topological polar surface area (TPSA) is 78.9 Å². The quantitative estimate of drug-likeness (QED) is 0.0261. The molecule has 0 aromatic carbocycles. The molecule has 0 N–H and O–H groups in total. The van der Waals surface area contributed by atoms with E-state index in [9.17, 15) is 14.4 Å². The van der Waals surface area contributed by atoms with Gasteiger partial charge in [0.05, 0.1) is 0 Å². The number of rotatable bonds is 63. The smallest absolute Gasteiger partial charge is 0.306 e. The highest BCUT2D eigenvalue weighted by molar-refractivity contribution is 5.71. The third kappa shape index (κ3) is 65.5. The summed E-state index contributed by atoms with van der Waals surface area (Å²) in [6, 6.07) is 0. The highest BCUT2D eigenvalue weighted by Gasteiger charge is 2.19. The molecule has 0 aromatic rings. The predicted molar refractivity (Wildman–Crippen MR) is 344 cm³/mol. The van der Waals surface area contributed by atoms with Crippen LogP contribution in [0.3, 0.4) is 0 Å². The maximum Gasteiger partial charge on any atom is 0.306 e. The molecule has 1 atom stereocenters. The summed E-state index contributed by atoms with van der Waals surface area (Å²) >= 11 is 0. The fourth-order valence-corrected chi connectivity index (χ4v) is 9.99. The Balaban J connectivity index is 4.31. The van der Waals surface area contributed by atoms with Gasteiger partial charge in [-0.2, -0.15) is 0 Å². The zero-order valence-corrected chi connectivity index (χ0v) is 52.6. The van der Waals surface area contributed by atoms with Crippen LogP contribution in [-0.2, 0) is 28.6 Å². The van der Waals surface area contributed by atoms with Crippen LogP contribution in [0.2, 0.25) is 0 Å². The van der Waals surface area contributed by atoms with Gasteiger partial charge in [0.25, 0.3) is 0 Å². The van der Waals surface area contributed by atoms with E-state index in [1.54, 1.807) is 0 Å². The van der Waals surface area contributed by atoms with E-state index in [1.807, 2.05) is 0 Å². The third-order valence-electron chi connectivity index (χ3n) is 15.2. The molecule has 0 spiro atoms. The minimum absolute atomic E-state index is 0.0776. The molecule has 0 amide bonds. The number of carbonyl (C=O) groups is 3. The van der Waals surface area contributed by atoms with Gasteiger partial charge in [-0.1, -0.05) is 312 Å². The number of carbonyl (C=O) groups excluding carboxylic acids is 3. The molecule has 6 nitrogen and oxygen atoms in total. The normalized spacial score (nSPS) is 12.5. The second-order valence-electron chi connectivity index (χ2n) is 23.1. The molecule has 0 aliphatic carbocycles. The van der Waals surface area contributed by atoms with Crippen LogP contribution >= 0.6 is 0 Å². The molecule has 0 fully saturated rings. The Kier molecular flexibility index (Phi) is 64.7. The monoisotopic (exact) mass is 1100 g/mol. The molecule has 458 valence electrons. The van der Waals surface area contributed by atoms with Crippen molar-refractivity contribution >= 4 is 17.9 Å². The largest absolute Gasteiger partial charge is 0.462 e. The van der Waals surface area contributed by atoms with Gasteiger partial charge in [0.2, 0.25) is 0 Å². The second kappa shape index (κ2) is 67.4. The van der Waals surface area contributed by atoms with Crippen LogP contribution < -0.4 is 0 Å². The van der Waals surface area contributed by atoms with E-state index >= 15 is 0 Å². The number of hydrogen-bond acceptors (Lipinski definition) is 6. The first-order valence-electron chi connectivity index (χ1n) is 34.4. The maximum absolute atomic E-state index is 12.9. The Morgan fingerprint density at radius 3 is 0.734 bits per heavy atom. The summed E-state index contributed by atoms with van der Waals surface area (Å²) in [5.74, 6) is -0.872. The Hall–Kier alpha value is -3.15. The molecular weight excluding hydrogens is 973 g/mol. The SMILES string of the molecule is CCCCC/C=C\C/C=C\C/C=C\CCCCCCCCC(=O)OC(COC(=O)CCCCCCCCCCCCCC/C=C\C/C=C\C/C=C\CCCCCCC)COC(=O)CCCCCCCCCCCCCCCCC. The van der Waals surface area contributed by atoms with Gasteiger partial charge in [0.1, 0.15) is 13.2 Å². The van der Waals surface area contributed by atoms with Crippen LogP contribution in [0, 0.1) is 0 Å². The van der Waals surface area contributed by atoms with Gasteiger partial charge in [-0.05, 0) is 96.3 Å². The summed E-state index contributed by atoms with van der Waals surface area (Å²) in [7, 11) is 0. The molecule has 0 saturated carbocycles. The van der Waals surface area contributed by atoms with E-state index in [4.69, 9.17) is 14.2 Å². The van der Waals surface area contributed by atoms with Gasteiger partial charge in [-0.3, -0.25) is 14.4 Å². The molecule has 6 heteroatoms. The maximum atomic E-state index is 12.9. The van der Waals surface area contributed by atoms with E-state index in [-0.39, 0.29) is 31.1 Å². The van der Waals surface area contributed by atoms with Crippen LogP contribution in [0.25, 0.3) is 0 Å². The van der Waals surface area contributed by atoms with E-state index < -0.39 is 6.10 Å². The van der Waals surface area contributed by atoms with Gasteiger partial charge in [-0.25, -0.2) is 0 Å². The van der Waals surface area contributed by atoms with Gasteiger partial charge >= 0.3 is 17.9 Å². The molecule has 0 aliphatic rings. The van der Waals surface area contributed by atoms with Crippen molar-refractivity contribution in [2.24, 2.45) is 0 Å². The van der Waals surface area contributed by atoms with Gasteiger partial charge < -0.3 is 14.2 Å². The summed E-state index contributed by atoms with van der Waals surface area (Å²) in [4.78, 5) is 38.4. The van der Waals surface area contributed by atoms with Crippen LogP contribution in [0.1, 0.15) is 355 Å². The highest BCUT2D eigenvalue weighted by atomic mass is 16.6. The first-order chi connectivity index (χ1) is 39.0. The van der Waals surface area contributed by atoms with Gasteiger partial charge in [-0.15, -0.1) is 0 Å². The number of hydrogen-bond donors (Lipinski definition) is 0. The van der Waals surface area contributed by atoms with E-state index in [0.717, 1.165) is 96.3 Å². The lowest BCUT2D eigenvalue weighted by molar-refractivity contribution is -0.167. The summed E-state index contributed by atoms with van der Waals surface area (Å²) in [5, 5.41) is 0. The lowest BCUT2D eigenvalue weighted by Crippen LogP contribution is -2.30. The molecule has 79 heavy (non-hydrogen) atoms. The first kappa shape index (κ1) is 75.8. The molecule has 0 bridgehead atoms. The Morgan fingerprint density at radius 2 is 0.456 bits per heavy atom. The molecule has 0 rings (SSSR count). The van der Waals surface area contributed by atoms with E-state index in [1.165, 1.54) is 218 Å². The summed E-state index contributed by atoms with van der Waals surface area (Å²) in [6.07, 6.45) is 87.7. The molecule has 0 radical (unpaired) electrons. The predicted octanol–water partition coefficient (Wildman–Crippen LogP) is 23.7. The van der Waals surface area contributed by atoms with Crippen molar-refractivity contribution in [2.45, 2.75) is 361 Å². The van der Waals surface area contributed by atoms with Crippen molar-refractivity contribution in [2.75, 3.05) is 13.2 Å². The minimum Gasteiger partial charge on any atom is -0.462 e. The average Bonchev–Trinajstić information content (AvgIpc) is 3.45. The number of ether oxygens (including phenoxy) is 3. The van der Waals surface area contributed by atoms with E-state index in [0.29, 0.717) is 19.3 Å². The molecule has 0 heterocycles. The Bertz CT molecular complexity index is 1450. The van der Waals surface area contributed by atoms with Crippen LogP contribution in [0.4, 0.5) is 0 Å². The fourth-order valence-electron chi connectivity index (χ4n) is 9.99. The Labute approximate surface area is 491 Å². The van der Waals surface area contributed by atoms with Gasteiger partial charge in [0, 0.05) is 19.3 Å². The number of unbranched alkanes of at least 4 members (excludes halogenated alkanes) is 40. The molecule has 1 unspecified atom stereocenters. The molecule has 0 aromatic heterocycles. The zero-order valence-electron chi connectivity index (χ0n) is 52.6. The highest BCUT2D eigenvalue weighted by Crippen LogP contribution is 2.17. The van der Waals surface area contributed by atoms with Crippen molar-refractivity contribution in [3.8, 4) is 0 Å². The molecule has 0 saturated heterocycles. The van der Waals surface area contributed by atoms with Crippen LogP contribution in [0.5, 0.6) is 0 Å². The number of esters is 3. The summed E-state index contributed by atoms with van der Waals surface area (Å²) < 4.78 is 17.0. The summed E-state index contributed by atoms with van der Waals surface area (Å²) in [5.41, 5.74) is 0. The lowest BCUT2D eigenvalue weighted by atomic mass is 10.0. The van der Waals surface area contributed by atoms with Crippen molar-refractivity contribution < 1.29 is 28.6 Å². The van der Waals surface area contributed by atoms with E-state index in [2.05, 4.69) is 93.7 Å². The second-order valence-corrected chi connectivity index (χ2v) is 23.1. The lowest BCUT2D eigenvalue weighted by Gasteiger charge is -2.18. The van der Waals surface area contributed by atoms with Crippen LogP contribution in [0.15, 0.2) is 72.9 Å². The summed E-state index contributed by atoms with van der Waals surface area (Å²) in [6.45, 7) is 6.64. The number of allylic oxidation sites excluding steroid dienone is 12. The third-order valence-corrected chi connectivity index (χ3v) is 15.2. The van der Waals surface area contributed by atoms with Gasteiger partial charge in [0.15, 0.2) is 6.10 Å². The minimum atomic E-state index is -0.783. The fraction of sp³-hybridized carbons (Fsp3) is 0.795. The average molecular weight is 1100 g/mol. The standard InChI is InChI=1S/C73H130O6/c1-4-7-10-13-16-19-22-25-28-30-32-33-34-35-36-37-38-39-41-42-45-48-51-54-57-60-63-66-72(75)78-69-70(68-77-71(74)65-62-59-56-53-50-47-44-27-24-21-18-15-12-9-6-3)79-73(76)67-64-61-58-55-52-49-46-43-40-31-29-26-23-20-17-14-11-8-5-2/h17,20,22,25-26,29-30,32,34-35,40,43,70H,4-16,18-19,21,23-24,27-28,31,33,36-39,41-42,44-69H2,1-3H3/b20-17-,25-22-,29-26-,32-30-,35-34-,43-40-. The Morgan fingerprint density at radius 1 is 0.253 bits per heavy atom. The van der Waals surface area contributed by atoms with Crippen molar-refractivity contribution in [3.63, 3.8) is 0 Å². The molecule has 0 aliphatic heterocycles. The van der Waals surface area contributed by atoms with Crippen molar-refractivity contribution in [1.82, 2.24) is 0 Å². The van der Waals surface area contributed by atoms with Crippen LogP contribution in [-0.4, -0.2) is 37.2 Å². The van der Waals surface area contributed by atoms with Crippen molar-refractivity contribution in [3.05, 3.63) is 72.9 Å². The molecular formula is C73H130O6. The first-order valence-corrected chi connectivity index (χ1v) is 34.4. The zero-order chi connectivity index (χ0) is 57.1.